The Morgan fingerprint density at radius 3 is 2.83 bits per heavy atom. The van der Waals surface area contributed by atoms with Crippen LogP contribution in [0.3, 0.4) is 0 Å². The maximum atomic E-state index is 12.7. The van der Waals surface area contributed by atoms with Crippen LogP contribution in [-0.4, -0.2) is 48.1 Å². The highest BCUT2D eigenvalue weighted by atomic mass is 19.4. The standard InChI is InChI=1S/C15H17F3N2O3/c1-2-12(10-13(11-21)15(16,17)18)14(22)20-6-5-19-4-3-8-23-9-7-20/h2-6,8,10,21H,7,9,11H2,1H3/b6-5+,8-3+,12-2+,13-10+,19-4+. The third kappa shape index (κ3) is 6.11. The summed E-state index contributed by atoms with van der Waals surface area (Å²) in [4.78, 5) is 17.4. The van der Waals surface area contributed by atoms with Gasteiger partial charge in [-0.05, 0) is 19.1 Å². The molecule has 5 nitrogen and oxygen atoms in total. The smallest absolute Gasteiger partial charge is 0.414 e. The molecule has 0 unspecified atom stereocenters. The Bertz CT molecular complexity index is 561. The van der Waals surface area contributed by atoms with Crippen molar-refractivity contribution in [2.24, 2.45) is 4.99 Å². The molecule has 0 bridgehead atoms. The number of ether oxygens (including phenoxy) is 1. The van der Waals surface area contributed by atoms with Crippen molar-refractivity contribution >= 4 is 12.1 Å². The van der Waals surface area contributed by atoms with Gasteiger partial charge >= 0.3 is 6.18 Å². The molecule has 0 saturated heterocycles. The number of allylic oxidation sites excluding steroid dienone is 2. The van der Waals surface area contributed by atoms with Crippen LogP contribution in [0.5, 0.6) is 0 Å². The van der Waals surface area contributed by atoms with E-state index in [0.29, 0.717) is 6.08 Å². The monoisotopic (exact) mass is 330 g/mol. The second-order valence-electron chi connectivity index (χ2n) is 4.36. The van der Waals surface area contributed by atoms with E-state index in [-0.39, 0.29) is 18.7 Å². The Labute approximate surface area is 131 Å². The zero-order valence-corrected chi connectivity index (χ0v) is 12.5. The summed E-state index contributed by atoms with van der Waals surface area (Å²) < 4.78 is 43.2. The molecule has 0 aromatic rings. The second-order valence-corrected chi connectivity index (χ2v) is 4.36. The number of nitrogens with zero attached hydrogens (tertiary/aromatic N) is 2. The normalized spacial score (nSPS) is 21.3. The summed E-state index contributed by atoms with van der Waals surface area (Å²) >= 11 is 0. The van der Waals surface area contributed by atoms with Crippen molar-refractivity contribution in [3.8, 4) is 0 Å². The number of hydrogen-bond donors (Lipinski definition) is 1. The van der Waals surface area contributed by atoms with E-state index in [1.165, 1.54) is 42.8 Å². The van der Waals surface area contributed by atoms with E-state index in [0.717, 1.165) is 0 Å². The van der Waals surface area contributed by atoms with Gasteiger partial charge in [0.25, 0.3) is 5.91 Å². The second kappa shape index (κ2) is 8.94. The van der Waals surface area contributed by atoms with Crippen LogP contribution < -0.4 is 0 Å². The molecule has 0 aromatic heterocycles. The molecule has 1 heterocycles. The Balaban J connectivity index is 3.01. The quantitative estimate of drug-likeness (QED) is 0.638. The molecule has 0 saturated carbocycles. The lowest BCUT2D eigenvalue weighted by Crippen LogP contribution is -2.30. The number of halogens is 3. The van der Waals surface area contributed by atoms with Crippen LogP contribution in [0.25, 0.3) is 0 Å². The van der Waals surface area contributed by atoms with Crippen LogP contribution >= 0.6 is 0 Å². The fourth-order valence-electron chi connectivity index (χ4n) is 1.61. The number of aliphatic hydroxyl groups excluding tert-OH is 1. The van der Waals surface area contributed by atoms with Crippen molar-refractivity contribution in [2.75, 3.05) is 19.8 Å². The molecule has 1 rings (SSSR count). The molecular weight excluding hydrogens is 313 g/mol. The van der Waals surface area contributed by atoms with E-state index in [9.17, 15) is 18.0 Å². The van der Waals surface area contributed by atoms with Gasteiger partial charge in [-0.25, -0.2) is 0 Å². The highest BCUT2D eigenvalue weighted by Crippen LogP contribution is 2.26. The van der Waals surface area contributed by atoms with Crippen LogP contribution in [0.4, 0.5) is 13.2 Å². The van der Waals surface area contributed by atoms with Crippen LogP contribution in [0.2, 0.25) is 0 Å². The zero-order valence-electron chi connectivity index (χ0n) is 12.5. The Kier molecular flexibility index (Phi) is 7.27. The minimum atomic E-state index is -4.71. The summed E-state index contributed by atoms with van der Waals surface area (Å²) in [6.45, 7) is 0.549. The Hall–Kier alpha value is -2.35. The van der Waals surface area contributed by atoms with Gasteiger partial charge in [0.2, 0.25) is 0 Å². The third-order valence-electron chi connectivity index (χ3n) is 2.81. The summed E-state index contributed by atoms with van der Waals surface area (Å²) in [5.74, 6) is -0.651. The van der Waals surface area contributed by atoms with E-state index < -0.39 is 24.3 Å². The lowest BCUT2D eigenvalue weighted by molar-refractivity contribution is -0.124. The first-order valence-corrected chi connectivity index (χ1v) is 6.72. The Morgan fingerprint density at radius 1 is 1.48 bits per heavy atom. The van der Waals surface area contributed by atoms with Crippen molar-refractivity contribution in [1.29, 1.82) is 0 Å². The van der Waals surface area contributed by atoms with Gasteiger partial charge < -0.3 is 14.7 Å². The van der Waals surface area contributed by atoms with Crippen LogP contribution in [0.15, 0.2) is 53.0 Å². The average molecular weight is 330 g/mol. The lowest BCUT2D eigenvalue weighted by Gasteiger charge is -2.19. The summed E-state index contributed by atoms with van der Waals surface area (Å²) in [6, 6.07) is 0. The molecule has 0 aromatic carbocycles. The van der Waals surface area contributed by atoms with Crippen molar-refractivity contribution in [3.63, 3.8) is 0 Å². The topological polar surface area (TPSA) is 62.1 Å². The van der Waals surface area contributed by atoms with E-state index in [1.807, 2.05) is 0 Å². The SMILES string of the molecule is C/C=C(\C=C(/CO)C(F)(F)F)C(=O)N1/C=C/N=C/C=C/OCC1. The van der Waals surface area contributed by atoms with Gasteiger partial charge in [-0.1, -0.05) is 6.08 Å². The maximum Gasteiger partial charge on any atom is 0.414 e. The van der Waals surface area contributed by atoms with Gasteiger partial charge in [0.05, 0.1) is 25.0 Å². The number of amides is 1. The van der Waals surface area contributed by atoms with Gasteiger partial charge in [-0.15, -0.1) is 0 Å². The molecule has 8 heteroatoms. The Morgan fingerprint density at radius 2 is 2.22 bits per heavy atom. The highest BCUT2D eigenvalue weighted by Gasteiger charge is 2.33. The molecule has 0 aliphatic carbocycles. The molecule has 1 N–H and O–H groups in total. The molecular formula is C15H17F3N2O3. The molecule has 1 amide bonds. The van der Waals surface area contributed by atoms with Gasteiger partial charge in [0, 0.05) is 24.2 Å². The minimum absolute atomic E-state index is 0.140. The van der Waals surface area contributed by atoms with E-state index >= 15 is 0 Å². The van der Waals surface area contributed by atoms with Crippen molar-refractivity contribution in [1.82, 2.24) is 4.90 Å². The summed E-state index contributed by atoms with van der Waals surface area (Å²) in [7, 11) is 0. The first-order chi connectivity index (χ1) is 10.9. The van der Waals surface area contributed by atoms with Gasteiger partial charge in [0.15, 0.2) is 0 Å². The van der Waals surface area contributed by atoms with E-state index in [1.54, 1.807) is 6.08 Å². The van der Waals surface area contributed by atoms with Crippen molar-refractivity contribution < 1.29 is 27.8 Å². The molecule has 23 heavy (non-hydrogen) atoms. The largest absolute Gasteiger partial charge is 0.499 e. The molecule has 1 aliphatic heterocycles. The molecule has 0 fully saturated rings. The van der Waals surface area contributed by atoms with Crippen molar-refractivity contribution in [3.05, 3.63) is 48.0 Å². The van der Waals surface area contributed by atoms with Gasteiger partial charge in [-0.2, -0.15) is 13.2 Å². The fraction of sp³-hybridized carbons (Fsp3) is 0.333. The first-order valence-electron chi connectivity index (χ1n) is 6.72. The first kappa shape index (κ1) is 18.7. The van der Waals surface area contributed by atoms with Crippen LogP contribution in [0, 0.1) is 0 Å². The molecule has 1 aliphatic rings. The highest BCUT2D eigenvalue weighted by molar-refractivity contribution is 5.97. The van der Waals surface area contributed by atoms with E-state index in [2.05, 4.69) is 4.99 Å². The van der Waals surface area contributed by atoms with Gasteiger partial charge in [0.1, 0.15) is 6.61 Å². The fourth-order valence-corrected chi connectivity index (χ4v) is 1.61. The molecule has 0 atom stereocenters. The number of carbonyl (C=O) groups excluding carboxylic acids is 1. The molecule has 126 valence electrons. The molecule has 0 radical (unpaired) electrons. The number of rotatable bonds is 3. The van der Waals surface area contributed by atoms with Crippen LogP contribution in [0.1, 0.15) is 6.92 Å². The van der Waals surface area contributed by atoms with E-state index in [4.69, 9.17) is 9.84 Å². The minimum Gasteiger partial charge on any atom is -0.499 e. The predicted octanol–water partition coefficient (Wildman–Crippen LogP) is 2.33. The number of carbonyl (C=O) groups is 1. The zero-order chi connectivity index (χ0) is 17.3. The maximum absolute atomic E-state index is 12.7. The number of alkyl halides is 3. The van der Waals surface area contributed by atoms with Crippen molar-refractivity contribution in [2.45, 2.75) is 13.1 Å². The molecule has 0 spiro atoms. The third-order valence-corrected chi connectivity index (χ3v) is 2.81. The average Bonchev–Trinajstić information content (AvgIpc) is 2.51. The van der Waals surface area contributed by atoms with Crippen LogP contribution in [-0.2, 0) is 9.53 Å². The lowest BCUT2D eigenvalue weighted by atomic mass is 10.1. The number of hydrogen-bond acceptors (Lipinski definition) is 4. The number of aliphatic hydroxyl groups is 1. The number of aliphatic imine (C=N–C) groups is 1. The summed E-state index contributed by atoms with van der Waals surface area (Å²) in [5, 5.41) is 8.85. The summed E-state index contributed by atoms with van der Waals surface area (Å²) in [5.41, 5.74) is -1.38. The summed E-state index contributed by atoms with van der Waals surface area (Å²) in [6.07, 6.45) is 4.29. The van der Waals surface area contributed by atoms with Gasteiger partial charge in [-0.3, -0.25) is 9.79 Å². The predicted molar refractivity (Wildman–Crippen MR) is 79.4 cm³/mol.